The van der Waals surface area contributed by atoms with E-state index in [0.717, 1.165) is 43.0 Å². The van der Waals surface area contributed by atoms with Crippen molar-refractivity contribution in [1.82, 2.24) is 0 Å². The van der Waals surface area contributed by atoms with E-state index < -0.39 is 11.5 Å². The molecule has 1 unspecified atom stereocenters. The summed E-state index contributed by atoms with van der Waals surface area (Å²) in [6.07, 6.45) is 8.16. The van der Waals surface area contributed by atoms with E-state index in [-0.39, 0.29) is 11.5 Å². The first-order chi connectivity index (χ1) is 17.6. The zero-order valence-electron chi connectivity index (χ0n) is 23.4. The maximum absolute atomic E-state index is 12.7. The van der Waals surface area contributed by atoms with Crippen molar-refractivity contribution in [2.45, 2.75) is 103 Å². The molecule has 0 heterocycles. The third kappa shape index (κ3) is 4.84. The summed E-state index contributed by atoms with van der Waals surface area (Å²) in [5, 5.41) is 13.4. The van der Waals surface area contributed by atoms with Crippen LogP contribution in [0.4, 0.5) is 5.69 Å². The largest absolute Gasteiger partial charge is 0.490 e. The van der Waals surface area contributed by atoms with Crippen molar-refractivity contribution in [3.05, 3.63) is 36.4 Å². The van der Waals surface area contributed by atoms with Gasteiger partial charge in [-0.25, -0.2) is 0 Å². The van der Waals surface area contributed by atoms with Gasteiger partial charge in [-0.2, -0.15) is 0 Å². The lowest BCUT2D eigenvalue weighted by Gasteiger charge is -2.58. The molecule has 2 aromatic carbocycles. The van der Waals surface area contributed by atoms with Crippen LogP contribution in [-0.4, -0.2) is 42.5 Å². The third-order valence-electron chi connectivity index (χ3n) is 10.1. The Kier molecular flexibility index (Phi) is 6.97. The second-order valence-electron chi connectivity index (χ2n) is 13.0. The first kappa shape index (κ1) is 26.3. The minimum Gasteiger partial charge on any atom is -0.490 e. The van der Waals surface area contributed by atoms with Gasteiger partial charge in [0.25, 0.3) is 0 Å². The second kappa shape index (κ2) is 9.80. The van der Waals surface area contributed by atoms with E-state index in [9.17, 15) is 9.90 Å². The summed E-state index contributed by atoms with van der Waals surface area (Å²) >= 11 is 0. The standard InChI is InChI=1S/C32H45NO4/c1-6-36-29(35)32-17-15-31(16-18-32,21-28(32)34)33(5)25-11-7-23-20-27(12-8-22(23)19-25)37-26-13-9-24(10-14-26)30(2,3)4/h7-8,11-12,19-20,24,26,28,34H,6,9-10,13-18,21H2,1-5H3. The fourth-order valence-corrected chi connectivity index (χ4v) is 7.35. The fraction of sp³-hybridized carbons (Fsp3) is 0.656. The van der Waals surface area contributed by atoms with Crippen LogP contribution < -0.4 is 9.64 Å². The highest BCUT2D eigenvalue weighted by atomic mass is 16.5. The molecule has 2 aromatic rings. The maximum Gasteiger partial charge on any atom is 0.314 e. The summed E-state index contributed by atoms with van der Waals surface area (Å²) in [7, 11) is 2.14. The number of aliphatic hydroxyl groups excluding tert-OH is 1. The number of anilines is 1. The fourth-order valence-electron chi connectivity index (χ4n) is 7.35. The number of esters is 1. The Labute approximate surface area is 222 Å². The van der Waals surface area contributed by atoms with Gasteiger partial charge in [0.05, 0.1) is 24.2 Å². The number of hydrogen-bond donors (Lipinski definition) is 1. The van der Waals surface area contributed by atoms with E-state index in [1.807, 2.05) is 6.92 Å². The van der Waals surface area contributed by atoms with Crippen LogP contribution in [0, 0.1) is 16.7 Å². The van der Waals surface area contributed by atoms with Crippen LogP contribution in [0.25, 0.3) is 10.8 Å². The molecule has 37 heavy (non-hydrogen) atoms. The van der Waals surface area contributed by atoms with Crippen LogP contribution >= 0.6 is 0 Å². The van der Waals surface area contributed by atoms with Crippen molar-refractivity contribution in [2.24, 2.45) is 16.7 Å². The van der Waals surface area contributed by atoms with Gasteiger partial charge in [0.1, 0.15) is 5.75 Å². The average Bonchev–Trinajstić information content (AvgIpc) is 2.88. The minimum absolute atomic E-state index is 0.129. The number of hydrogen-bond acceptors (Lipinski definition) is 5. The molecule has 0 spiro atoms. The summed E-state index contributed by atoms with van der Waals surface area (Å²) in [6, 6.07) is 13.1. The lowest BCUT2D eigenvalue weighted by molar-refractivity contribution is -0.177. The van der Waals surface area contributed by atoms with Gasteiger partial charge in [0.15, 0.2) is 0 Å². The van der Waals surface area contributed by atoms with Gasteiger partial charge in [-0.3, -0.25) is 4.79 Å². The van der Waals surface area contributed by atoms with Crippen LogP contribution in [0.3, 0.4) is 0 Å². The number of aliphatic hydroxyl groups is 1. The van der Waals surface area contributed by atoms with E-state index in [0.29, 0.717) is 37.4 Å². The quantitative estimate of drug-likeness (QED) is 0.432. The van der Waals surface area contributed by atoms with Crippen molar-refractivity contribution in [3.8, 4) is 5.75 Å². The predicted molar refractivity (Wildman–Crippen MR) is 149 cm³/mol. The summed E-state index contributed by atoms with van der Waals surface area (Å²) in [6.45, 7) is 9.26. The molecule has 4 fully saturated rings. The molecule has 0 aromatic heterocycles. The first-order valence-corrected chi connectivity index (χ1v) is 14.4. The Bertz CT molecular complexity index is 1120. The Morgan fingerprint density at radius 3 is 2.27 bits per heavy atom. The Balaban J connectivity index is 1.27. The van der Waals surface area contributed by atoms with Crippen molar-refractivity contribution >= 4 is 22.4 Å². The van der Waals surface area contributed by atoms with Gasteiger partial charge in [-0.05, 0) is 111 Å². The molecule has 4 saturated carbocycles. The summed E-state index contributed by atoms with van der Waals surface area (Å²) in [5.74, 6) is 1.53. The van der Waals surface area contributed by atoms with Gasteiger partial charge in [0.2, 0.25) is 0 Å². The van der Waals surface area contributed by atoms with Crippen molar-refractivity contribution in [3.63, 3.8) is 0 Å². The van der Waals surface area contributed by atoms with Gasteiger partial charge in [0, 0.05) is 18.3 Å². The van der Waals surface area contributed by atoms with Crippen LogP contribution in [0.5, 0.6) is 5.75 Å². The third-order valence-corrected chi connectivity index (χ3v) is 10.1. The normalized spacial score (nSPS) is 31.8. The lowest BCUT2D eigenvalue weighted by atomic mass is 9.55. The van der Waals surface area contributed by atoms with Gasteiger partial charge < -0.3 is 19.5 Å². The molecule has 5 nitrogen and oxygen atoms in total. The Morgan fingerprint density at radius 2 is 1.65 bits per heavy atom. The molecular weight excluding hydrogens is 462 g/mol. The molecule has 0 radical (unpaired) electrons. The topological polar surface area (TPSA) is 59.0 Å². The molecule has 5 heteroatoms. The van der Waals surface area contributed by atoms with E-state index in [2.05, 4.69) is 69.1 Å². The maximum atomic E-state index is 12.7. The summed E-state index contributed by atoms with van der Waals surface area (Å²) < 4.78 is 11.8. The molecule has 0 amide bonds. The van der Waals surface area contributed by atoms with E-state index >= 15 is 0 Å². The number of benzene rings is 2. The van der Waals surface area contributed by atoms with E-state index in [1.54, 1.807) is 0 Å². The zero-order chi connectivity index (χ0) is 26.4. The number of nitrogens with zero attached hydrogens (tertiary/aromatic N) is 1. The molecule has 1 atom stereocenters. The van der Waals surface area contributed by atoms with Crippen LogP contribution in [0.2, 0.25) is 0 Å². The molecule has 4 aliphatic carbocycles. The number of fused-ring (bicyclic) bond motifs is 4. The molecule has 2 bridgehead atoms. The molecule has 0 aliphatic heterocycles. The average molecular weight is 508 g/mol. The molecule has 4 aliphatic rings. The predicted octanol–water partition coefficient (Wildman–Crippen LogP) is 6.89. The number of ether oxygens (including phenoxy) is 2. The van der Waals surface area contributed by atoms with Crippen LogP contribution in [0.15, 0.2) is 36.4 Å². The molecule has 1 N–H and O–H groups in total. The number of carbonyl (C=O) groups is 1. The molecule has 6 rings (SSSR count). The van der Waals surface area contributed by atoms with E-state index in [4.69, 9.17) is 9.47 Å². The Hall–Kier alpha value is -2.27. The van der Waals surface area contributed by atoms with Crippen molar-refractivity contribution in [2.75, 3.05) is 18.6 Å². The minimum atomic E-state index is -0.718. The highest BCUT2D eigenvalue weighted by Crippen LogP contribution is 2.55. The van der Waals surface area contributed by atoms with E-state index in [1.165, 1.54) is 23.6 Å². The van der Waals surface area contributed by atoms with Crippen molar-refractivity contribution < 1.29 is 19.4 Å². The monoisotopic (exact) mass is 507 g/mol. The first-order valence-electron chi connectivity index (χ1n) is 14.4. The van der Waals surface area contributed by atoms with Gasteiger partial charge in [-0.1, -0.05) is 32.9 Å². The number of carbonyl (C=O) groups excluding carboxylic acids is 1. The second-order valence-corrected chi connectivity index (χ2v) is 13.0. The highest BCUT2D eigenvalue weighted by Gasteiger charge is 2.60. The number of rotatable bonds is 6. The zero-order valence-corrected chi connectivity index (χ0v) is 23.4. The Morgan fingerprint density at radius 1 is 1.00 bits per heavy atom. The summed E-state index contributed by atoms with van der Waals surface area (Å²) in [4.78, 5) is 15.0. The van der Waals surface area contributed by atoms with Crippen LogP contribution in [-0.2, 0) is 9.53 Å². The molecule has 0 saturated heterocycles. The smallest absolute Gasteiger partial charge is 0.314 e. The lowest BCUT2D eigenvalue weighted by Crippen LogP contribution is -2.63. The molecule has 202 valence electrons. The molecular formula is C32H45NO4. The van der Waals surface area contributed by atoms with Gasteiger partial charge >= 0.3 is 5.97 Å². The summed E-state index contributed by atoms with van der Waals surface area (Å²) in [5.41, 5.74) is 0.690. The highest BCUT2D eigenvalue weighted by molar-refractivity contribution is 5.87. The van der Waals surface area contributed by atoms with Gasteiger partial charge in [-0.15, -0.1) is 0 Å². The SMILES string of the molecule is CCOC(=O)C12CCC(N(C)c3ccc4cc(OC5CCC(C(C)(C)C)CC5)ccc4c3)(CC1)CC2O. The van der Waals surface area contributed by atoms with Crippen LogP contribution in [0.1, 0.15) is 85.5 Å². The van der Waals surface area contributed by atoms with Crippen molar-refractivity contribution in [1.29, 1.82) is 0 Å².